The quantitative estimate of drug-likeness (QED) is 0.00726. The molecule has 0 radical (unpaired) electrons. The molecule has 0 aliphatic rings. The predicted molar refractivity (Wildman–Crippen MR) is 416 cm³/mol. The van der Waals surface area contributed by atoms with Gasteiger partial charge in [0.2, 0.25) is 0 Å². The van der Waals surface area contributed by atoms with Gasteiger partial charge in [-0.3, -0.25) is 28.5 Å². The highest BCUT2D eigenvalue weighted by molar-refractivity contribution is 6.43. The third kappa shape index (κ3) is 16.9. The van der Waals surface area contributed by atoms with Crippen LogP contribution >= 0.6 is 0 Å². The fourth-order valence-electron chi connectivity index (χ4n) is 16.5. The van der Waals surface area contributed by atoms with Crippen LogP contribution in [-0.2, 0) is 9.47 Å². The number of pyridine rings is 2. The molecule has 2 unspecified atom stereocenters. The van der Waals surface area contributed by atoms with E-state index in [1.165, 1.54) is 216 Å². The van der Waals surface area contributed by atoms with Crippen LogP contribution < -0.4 is 16.9 Å². The van der Waals surface area contributed by atoms with Crippen molar-refractivity contribution in [2.45, 2.75) is 285 Å². The van der Waals surface area contributed by atoms with Gasteiger partial charge in [0.05, 0.1) is 67.5 Å². The van der Waals surface area contributed by atoms with Gasteiger partial charge in [0.25, 0.3) is 16.8 Å². The highest BCUT2D eigenvalue weighted by atomic mass is 16.6. The van der Waals surface area contributed by atoms with Gasteiger partial charge in [-0.2, -0.15) is 0 Å². The summed E-state index contributed by atoms with van der Waals surface area (Å²) >= 11 is 0. The van der Waals surface area contributed by atoms with E-state index in [-0.39, 0.29) is 28.5 Å². The number of ether oxygens (including phenoxy) is 2. The van der Waals surface area contributed by atoms with Crippen LogP contribution in [0.15, 0.2) is 82.4 Å². The number of carbonyl (C=O) groups excluding carboxylic acids is 2. The molecule has 0 spiro atoms. The molecule has 0 amide bonds. The van der Waals surface area contributed by atoms with Crippen molar-refractivity contribution in [3.05, 3.63) is 115 Å². The Balaban J connectivity index is 0.854. The number of non-ortho nitro benzene ring substituents is 1. The van der Waals surface area contributed by atoms with Crippen molar-refractivity contribution in [3.8, 4) is 0 Å². The Morgan fingerprint density at radius 2 is 0.720 bits per heavy atom. The summed E-state index contributed by atoms with van der Waals surface area (Å²) < 4.78 is 15.4. The number of hydrogen-bond donors (Lipinski definition) is 1. The summed E-state index contributed by atoms with van der Waals surface area (Å²) in [6.45, 7) is 9.75. The van der Waals surface area contributed by atoms with Crippen LogP contribution in [0.1, 0.15) is 305 Å². The smallest absolute Gasteiger partial charge is 0.338 e. The fraction of sp³-hybridized carbons (Fsp3) is 0.558. The summed E-state index contributed by atoms with van der Waals surface area (Å²) in [5.74, 6) is -0.279. The molecule has 4 aromatic heterocycles. The molecule has 0 bridgehead atoms. The Morgan fingerprint density at radius 3 is 1.08 bits per heavy atom. The Bertz CT molecular complexity index is 4650. The van der Waals surface area contributed by atoms with Gasteiger partial charge in [0.15, 0.2) is 0 Å². The Hall–Kier alpha value is -7.74. The van der Waals surface area contributed by atoms with E-state index >= 15 is 9.59 Å². The molecular weight excluding hydrogens is 1240 g/mol. The molecule has 100 heavy (non-hydrogen) atoms. The van der Waals surface area contributed by atoms with Crippen molar-refractivity contribution in [1.82, 2.24) is 18.8 Å². The molecule has 0 aliphatic carbocycles. The standard InChI is InChI=1S/C86H112N6O8/c1-5-9-13-17-21-25-27-31-35-39-43-59(41-37-33-29-23-19-15-11-7-3)57-99-85(95)61-45-51-72-70(53-61)88-81-65-50-48-64-78-74(92(97)98)56-68-76-66(49-47-63(80(76)78)77-69(87)55-67(75(65)79(64)77)83(93)90(72)81)82-89-71-54-62(46-52-73(71)91(82)84(68)94)86(96)100-58-60(42-38-34-30-24-20-16-12-8-4)44-40-36-32-28-26-22-18-14-10-6-2/h45-56,59-60H,5-44,57-58,87H2,1-4H3. The molecule has 11 aromatic rings. The molecular formula is C86H112N6O8. The van der Waals surface area contributed by atoms with Crippen molar-refractivity contribution in [2.75, 3.05) is 18.9 Å². The van der Waals surface area contributed by atoms with Crippen LogP contribution in [-0.4, -0.2) is 48.8 Å². The Labute approximate surface area is 591 Å². The van der Waals surface area contributed by atoms with Crippen LogP contribution in [0.3, 0.4) is 0 Å². The number of unbranched alkanes of at least 4 members (excludes halogenated alkanes) is 32. The molecule has 0 saturated heterocycles. The Kier molecular flexibility index (Phi) is 26.6. The highest BCUT2D eigenvalue weighted by Gasteiger charge is 2.30. The number of nitrogens with zero attached hydrogens (tertiary/aromatic N) is 5. The first-order valence-electron chi connectivity index (χ1n) is 39.6. The maximum Gasteiger partial charge on any atom is 0.338 e. The van der Waals surface area contributed by atoms with Gasteiger partial charge >= 0.3 is 11.9 Å². The average molecular weight is 1360 g/mol. The molecule has 14 nitrogen and oxygen atoms in total. The minimum atomic E-state index is -0.481. The van der Waals surface area contributed by atoms with Crippen molar-refractivity contribution in [3.63, 3.8) is 0 Å². The summed E-state index contributed by atoms with van der Waals surface area (Å²) in [6, 6.07) is 20.8. The van der Waals surface area contributed by atoms with Gasteiger partial charge in [-0.25, -0.2) is 19.6 Å². The van der Waals surface area contributed by atoms with E-state index in [2.05, 4.69) is 27.7 Å². The Morgan fingerprint density at radius 1 is 0.400 bits per heavy atom. The first-order valence-corrected chi connectivity index (χ1v) is 39.6. The molecule has 11 rings (SSSR count). The fourth-order valence-corrected chi connectivity index (χ4v) is 16.5. The topological polar surface area (TPSA) is 190 Å². The second kappa shape index (κ2) is 36.2. The van der Waals surface area contributed by atoms with E-state index < -0.39 is 22.4 Å². The van der Waals surface area contributed by atoms with Crippen molar-refractivity contribution < 1.29 is 24.0 Å². The maximum atomic E-state index is 15.1. The lowest BCUT2D eigenvalue weighted by molar-refractivity contribution is -0.382. The van der Waals surface area contributed by atoms with Gasteiger partial charge in [-0.1, -0.05) is 271 Å². The number of anilines is 1. The number of carbonyl (C=O) groups is 2. The number of rotatable bonds is 47. The summed E-state index contributed by atoms with van der Waals surface area (Å²) in [4.78, 5) is 81.6. The zero-order valence-electron chi connectivity index (χ0n) is 60.9. The highest BCUT2D eigenvalue weighted by Crippen LogP contribution is 2.50. The summed E-state index contributed by atoms with van der Waals surface area (Å²) in [5.41, 5.74) is 9.65. The van der Waals surface area contributed by atoms with E-state index in [4.69, 9.17) is 25.2 Å². The minimum Gasteiger partial charge on any atom is -0.462 e. The number of nitro benzene ring substituents is 1. The SMILES string of the molecule is CCCCCCCCCCCCC(CCCCCCCCCC)COC(=O)c1ccc2c(c1)nc1c3ccc4c5c([N+](=O)[O-])cc6c(=O)n7c8ccc(C(=O)OCC(CCCCCCCCCC)CCCCCCCCCCCC)cc8nc7c7ccc(c8c(N)cc(c(=O)n21)c3c48)c5c67. The lowest BCUT2D eigenvalue weighted by Crippen LogP contribution is -2.15. The summed E-state index contributed by atoms with van der Waals surface area (Å²) in [5, 5.41) is 19.4. The molecule has 0 saturated carbocycles. The molecule has 534 valence electrons. The number of hydrogen-bond acceptors (Lipinski definition) is 11. The molecule has 2 atom stereocenters. The second-order valence-electron chi connectivity index (χ2n) is 29.7. The largest absolute Gasteiger partial charge is 0.462 e. The first-order chi connectivity index (χ1) is 49.0. The maximum absolute atomic E-state index is 15.1. The van der Waals surface area contributed by atoms with Gasteiger partial charge in [-0.05, 0) is 103 Å². The van der Waals surface area contributed by atoms with E-state index in [1.807, 2.05) is 24.3 Å². The number of benzene rings is 7. The van der Waals surface area contributed by atoms with Crippen molar-refractivity contribution in [2.24, 2.45) is 11.8 Å². The van der Waals surface area contributed by atoms with E-state index in [1.54, 1.807) is 46.9 Å². The number of fused-ring (bicyclic) bond motifs is 10. The van der Waals surface area contributed by atoms with Gasteiger partial charge in [0, 0.05) is 49.5 Å². The zero-order chi connectivity index (χ0) is 69.9. The zero-order valence-corrected chi connectivity index (χ0v) is 60.9. The van der Waals surface area contributed by atoms with Gasteiger partial charge in [-0.15, -0.1) is 0 Å². The molecule has 14 heteroatoms. The molecule has 0 fully saturated rings. The van der Waals surface area contributed by atoms with Crippen molar-refractivity contribution in [1.29, 1.82) is 0 Å². The number of nitro groups is 1. The van der Waals surface area contributed by atoms with Gasteiger partial charge in [0.1, 0.15) is 11.3 Å². The number of imidazole rings is 2. The molecule has 7 aromatic carbocycles. The van der Waals surface area contributed by atoms with E-state index in [9.17, 15) is 19.7 Å². The normalized spacial score (nSPS) is 12.9. The van der Waals surface area contributed by atoms with Crippen LogP contribution in [0.5, 0.6) is 0 Å². The number of esters is 2. The van der Waals surface area contributed by atoms with Crippen LogP contribution in [0.2, 0.25) is 0 Å². The average Bonchev–Trinajstić information content (AvgIpc) is 1.03. The lowest BCUT2D eigenvalue weighted by atomic mass is 9.84. The number of nitrogen functional groups attached to an aromatic ring is 1. The van der Waals surface area contributed by atoms with Crippen LogP contribution in [0.4, 0.5) is 11.4 Å². The first kappa shape index (κ1) is 73.5. The molecule has 2 N–H and O–H groups in total. The third-order valence-electron chi connectivity index (χ3n) is 22.2. The minimum absolute atomic E-state index is 0.144. The monoisotopic (exact) mass is 1360 g/mol. The molecule has 4 heterocycles. The molecule has 0 aliphatic heterocycles. The van der Waals surface area contributed by atoms with E-state index in [0.29, 0.717) is 123 Å². The lowest BCUT2D eigenvalue weighted by Gasteiger charge is -2.19. The number of aromatic nitrogens is 4. The number of nitrogens with two attached hydrogens (primary N) is 1. The van der Waals surface area contributed by atoms with Crippen LogP contribution in [0, 0.1) is 22.0 Å². The van der Waals surface area contributed by atoms with Gasteiger partial charge < -0.3 is 15.2 Å². The summed E-state index contributed by atoms with van der Waals surface area (Å²) in [7, 11) is 0. The second-order valence-corrected chi connectivity index (χ2v) is 29.7. The van der Waals surface area contributed by atoms with E-state index in [0.717, 1.165) is 51.4 Å². The predicted octanol–water partition coefficient (Wildman–Crippen LogP) is 24.0. The van der Waals surface area contributed by atoms with Crippen LogP contribution in [0.25, 0.3) is 98.0 Å². The summed E-state index contributed by atoms with van der Waals surface area (Å²) in [6.07, 6.45) is 49.7. The van der Waals surface area contributed by atoms with Crippen molar-refractivity contribution >= 4 is 121 Å². The third-order valence-corrected chi connectivity index (χ3v) is 22.2.